The van der Waals surface area contributed by atoms with Gasteiger partial charge >= 0.3 is 6.03 Å². The van der Waals surface area contributed by atoms with Crippen LogP contribution in [0.25, 0.3) is 0 Å². The van der Waals surface area contributed by atoms with Crippen LogP contribution >= 0.6 is 0 Å². The standard InChI is InChI=1S/C10H17FN2O5/c1-10(11)7(16)5(4-14)18-8(10)13-3-2-6(15)12-9(13)17/h5-8,14-16H,2-4H2,1H3,(H,12,17)/t5-,6+,7-,8?,10-/m1/s1. The van der Waals surface area contributed by atoms with E-state index in [1.165, 1.54) is 0 Å². The Bertz CT molecular complexity index is 340. The largest absolute Gasteiger partial charge is 0.394 e. The molecule has 2 aliphatic rings. The highest BCUT2D eigenvalue weighted by Crippen LogP contribution is 2.36. The van der Waals surface area contributed by atoms with Crippen molar-refractivity contribution in [2.45, 2.75) is 43.7 Å². The van der Waals surface area contributed by atoms with Crippen LogP contribution in [-0.4, -0.2) is 69.7 Å². The third-order valence-corrected chi connectivity index (χ3v) is 3.37. The minimum Gasteiger partial charge on any atom is -0.394 e. The minimum absolute atomic E-state index is 0.113. The lowest BCUT2D eigenvalue weighted by atomic mass is 9.97. The number of nitrogens with zero attached hydrogens (tertiary/aromatic N) is 1. The number of aliphatic hydroxyl groups is 3. The minimum atomic E-state index is -2.17. The Morgan fingerprint density at radius 1 is 1.61 bits per heavy atom. The van der Waals surface area contributed by atoms with E-state index in [2.05, 4.69) is 5.32 Å². The molecule has 0 radical (unpaired) electrons. The number of hydrogen-bond acceptors (Lipinski definition) is 5. The van der Waals surface area contributed by atoms with Gasteiger partial charge in [0, 0.05) is 13.0 Å². The summed E-state index contributed by atoms with van der Waals surface area (Å²) < 4.78 is 19.6. The van der Waals surface area contributed by atoms with E-state index < -0.39 is 43.0 Å². The van der Waals surface area contributed by atoms with Crippen LogP contribution in [0.4, 0.5) is 9.18 Å². The fourth-order valence-electron chi connectivity index (χ4n) is 2.29. The summed E-state index contributed by atoms with van der Waals surface area (Å²) in [6.45, 7) is 0.702. The van der Waals surface area contributed by atoms with Gasteiger partial charge in [0.1, 0.15) is 18.4 Å². The maximum atomic E-state index is 14.4. The maximum absolute atomic E-state index is 14.4. The van der Waals surface area contributed by atoms with Crippen molar-refractivity contribution < 1.29 is 29.2 Å². The number of hydrogen-bond donors (Lipinski definition) is 4. The molecule has 2 heterocycles. The van der Waals surface area contributed by atoms with Crippen molar-refractivity contribution in [2.24, 2.45) is 0 Å². The normalized spacial score (nSPS) is 45.2. The molecule has 8 heteroatoms. The number of alkyl halides is 1. The Hall–Kier alpha value is -0.960. The molecule has 0 aromatic carbocycles. The molecule has 4 N–H and O–H groups in total. The van der Waals surface area contributed by atoms with E-state index in [1.807, 2.05) is 0 Å². The first kappa shape index (κ1) is 13.5. The van der Waals surface area contributed by atoms with Gasteiger partial charge in [-0.15, -0.1) is 0 Å². The molecule has 0 aliphatic carbocycles. The second-order valence-electron chi connectivity index (χ2n) is 4.75. The van der Waals surface area contributed by atoms with Crippen molar-refractivity contribution in [1.82, 2.24) is 10.2 Å². The Labute approximate surface area is 103 Å². The van der Waals surface area contributed by atoms with Crippen molar-refractivity contribution >= 4 is 6.03 Å². The van der Waals surface area contributed by atoms with Crippen LogP contribution in [0.15, 0.2) is 0 Å². The first-order chi connectivity index (χ1) is 8.37. The zero-order chi connectivity index (χ0) is 13.5. The molecule has 0 saturated carbocycles. The zero-order valence-electron chi connectivity index (χ0n) is 9.91. The average molecular weight is 264 g/mol. The molecule has 18 heavy (non-hydrogen) atoms. The second kappa shape index (κ2) is 4.61. The number of ether oxygens (including phenoxy) is 1. The van der Waals surface area contributed by atoms with Crippen molar-refractivity contribution in [1.29, 1.82) is 0 Å². The molecule has 0 spiro atoms. The maximum Gasteiger partial charge on any atom is 0.321 e. The number of amides is 2. The van der Waals surface area contributed by atoms with Gasteiger partial charge in [-0.05, 0) is 6.92 Å². The molecule has 2 saturated heterocycles. The molecular weight excluding hydrogens is 247 g/mol. The first-order valence-electron chi connectivity index (χ1n) is 5.76. The van der Waals surface area contributed by atoms with Gasteiger partial charge in [0.15, 0.2) is 11.9 Å². The van der Waals surface area contributed by atoms with Gasteiger partial charge in [-0.1, -0.05) is 0 Å². The topological polar surface area (TPSA) is 102 Å². The van der Waals surface area contributed by atoms with Gasteiger partial charge in [-0.3, -0.25) is 4.90 Å². The lowest BCUT2D eigenvalue weighted by molar-refractivity contribution is -0.0972. The molecule has 0 aromatic heterocycles. The van der Waals surface area contributed by atoms with E-state index in [0.717, 1.165) is 11.8 Å². The average Bonchev–Trinajstić information content (AvgIpc) is 2.52. The van der Waals surface area contributed by atoms with E-state index in [0.29, 0.717) is 0 Å². The third kappa shape index (κ3) is 2.05. The molecule has 2 aliphatic heterocycles. The van der Waals surface area contributed by atoms with Crippen molar-refractivity contribution in [3.05, 3.63) is 0 Å². The van der Waals surface area contributed by atoms with Crippen LogP contribution in [0.2, 0.25) is 0 Å². The summed E-state index contributed by atoms with van der Waals surface area (Å²) in [4.78, 5) is 12.7. The van der Waals surface area contributed by atoms with E-state index >= 15 is 0 Å². The molecule has 1 unspecified atom stereocenters. The van der Waals surface area contributed by atoms with Gasteiger partial charge in [-0.2, -0.15) is 0 Å². The molecule has 2 fully saturated rings. The van der Waals surface area contributed by atoms with E-state index in [-0.39, 0.29) is 13.0 Å². The number of nitrogens with one attached hydrogen (secondary N) is 1. The fraction of sp³-hybridized carbons (Fsp3) is 0.900. The SMILES string of the molecule is C[C@]1(F)C(N2CC[C@H](O)NC2=O)O[C@H](CO)[C@H]1O. The van der Waals surface area contributed by atoms with Gasteiger partial charge in [0.2, 0.25) is 0 Å². The smallest absolute Gasteiger partial charge is 0.321 e. The molecule has 2 amide bonds. The van der Waals surface area contributed by atoms with Gasteiger partial charge in [0.25, 0.3) is 0 Å². The van der Waals surface area contributed by atoms with Crippen LogP contribution in [0, 0.1) is 0 Å². The number of halogens is 1. The molecular formula is C10H17FN2O5. The van der Waals surface area contributed by atoms with Crippen molar-refractivity contribution in [3.63, 3.8) is 0 Å². The summed E-state index contributed by atoms with van der Waals surface area (Å²) in [7, 11) is 0. The predicted molar refractivity (Wildman–Crippen MR) is 57.1 cm³/mol. The lowest BCUT2D eigenvalue weighted by Crippen LogP contribution is -2.60. The summed E-state index contributed by atoms with van der Waals surface area (Å²) in [5, 5.41) is 30.2. The van der Waals surface area contributed by atoms with Gasteiger partial charge < -0.3 is 25.4 Å². The van der Waals surface area contributed by atoms with Crippen molar-refractivity contribution in [3.8, 4) is 0 Å². The van der Waals surface area contributed by atoms with Crippen LogP contribution in [0.1, 0.15) is 13.3 Å². The molecule has 104 valence electrons. The Kier molecular flexibility index (Phi) is 3.45. The van der Waals surface area contributed by atoms with Crippen LogP contribution in [-0.2, 0) is 4.74 Å². The number of rotatable bonds is 2. The molecule has 5 atom stereocenters. The van der Waals surface area contributed by atoms with Crippen LogP contribution in [0.5, 0.6) is 0 Å². The van der Waals surface area contributed by atoms with Crippen molar-refractivity contribution in [2.75, 3.05) is 13.2 Å². The first-order valence-corrected chi connectivity index (χ1v) is 5.76. The van der Waals surface area contributed by atoms with E-state index in [1.54, 1.807) is 0 Å². The third-order valence-electron chi connectivity index (χ3n) is 3.37. The van der Waals surface area contributed by atoms with Crippen LogP contribution < -0.4 is 5.32 Å². The molecule has 0 aromatic rings. The summed E-state index contributed by atoms with van der Waals surface area (Å²) in [6, 6.07) is -0.659. The van der Waals surface area contributed by atoms with Crippen LogP contribution in [0.3, 0.4) is 0 Å². The number of carbonyl (C=O) groups is 1. The number of carbonyl (C=O) groups excluding carboxylic acids is 1. The Morgan fingerprint density at radius 2 is 2.28 bits per heavy atom. The predicted octanol–water partition coefficient (Wildman–Crippen LogP) is -1.47. The summed E-state index contributed by atoms with van der Waals surface area (Å²) >= 11 is 0. The number of urea groups is 1. The molecule has 7 nitrogen and oxygen atoms in total. The summed E-state index contributed by atoms with van der Waals surface area (Å²) in [6.07, 6.45) is -4.57. The summed E-state index contributed by atoms with van der Waals surface area (Å²) in [5.74, 6) is 0. The van der Waals surface area contributed by atoms with E-state index in [9.17, 15) is 19.4 Å². The quantitative estimate of drug-likeness (QED) is 0.487. The number of aliphatic hydroxyl groups excluding tert-OH is 3. The Morgan fingerprint density at radius 3 is 2.78 bits per heavy atom. The lowest BCUT2D eigenvalue weighted by Gasteiger charge is -2.38. The monoisotopic (exact) mass is 264 g/mol. The highest BCUT2D eigenvalue weighted by molar-refractivity contribution is 5.75. The highest BCUT2D eigenvalue weighted by Gasteiger charge is 2.57. The highest BCUT2D eigenvalue weighted by atomic mass is 19.1. The zero-order valence-corrected chi connectivity index (χ0v) is 9.91. The molecule has 0 bridgehead atoms. The second-order valence-corrected chi connectivity index (χ2v) is 4.75. The van der Waals surface area contributed by atoms with Gasteiger partial charge in [0.05, 0.1) is 6.61 Å². The Balaban J connectivity index is 2.15. The molecule has 2 rings (SSSR count). The summed E-state index contributed by atoms with van der Waals surface area (Å²) in [5.41, 5.74) is -2.17. The fourth-order valence-corrected chi connectivity index (χ4v) is 2.29. The van der Waals surface area contributed by atoms with Gasteiger partial charge in [-0.25, -0.2) is 9.18 Å². The van der Waals surface area contributed by atoms with E-state index in [4.69, 9.17) is 9.84 Å².